The minimum atomic E-state index is -0.345. The molecule has 0 bridgehead atoms. The van der Waals surface area contributed by atoms with E-state index in [0.29, 0.717) is 23.7 Å². The molecular weight excluding hydrogens is 381 g/mol. The van der Waals surface area contributed by atoms with Crippen molar-refractivity contribution in [3.8, 4) is 5.75 Å². The molecule has 30 heavy (non-hydrogen) atoms. The van der Waals surface area contributed by atoms with E-state index in [1.54, 1.807) is 43.4 Å². The molecule has 0 heterocycles. The Bertz CT molecular complexity index is 1040. The summed E-state index contributed by atoms with van der Waals surface area (Å²) in [4.78, 5) is 21.5. The largest absolute Gasteiger partial charge is 0.508 e. The van der Waals surface area contributed by atoms with Crippen LogP contribution in [0, 0.1) is 5.82 Å². The van der Waals surface area contributed by atoms with Crippen LogP contribution in [0.2, 0.25) is 0 Å². The fourth-order valence-electron chi connectivity index (χ4n) is 2.86. The van der Waals surface area contributed by atoms with E-state index in [4.69, 9.17) is 0 Å². The SMILES string of the molecule is CN=C(NC(=O)Cc1ccc(F)cc1)C(=NCc1ccc(O)cc1)c1ccccc1. The number of nitrogens with one attached hydrogen (secondary N) is 1. The van der Waals surface area contributed by atoms with E-state index in [1.165, 1.54) is 12.1 Å². The molecule has 5 nitrogen and oxygen atoms in total. The molecule has 0 saturated carbocycles. The molecule has 152 valence electrons. The lowest BCUT2D eigenvalue weighted by atomic mass is 10.1. The van der Waals surface area contributed by atoms with Crippen LogP contribution in [-0.4, -0.2) is 29.6 Å². The Hall–Kier alpha value is -3.80. The summed E-state index contributed by atoms with van der Waals surface area (Å²) in [5.41, 5.74) is 2.98. The summed E-state index contributed by atoms with van der Waals surface area (Å²) in [6.45, 7) is 0.358. The van der Waals surface area contributed by atoms with Gasteiger partial charge in [-0.05, 0) is 35.4 Å². The number of halogens is 1. The average molecular weight is 403 g/mol. The van der Waals surface area contributed by atoms with Gasteiger partial charge in [-0.15, -0.1) is 0 Å². The van der Waals surface area contributed by atoms with Gasteiger partial charge in [0.15, 0.2) is 5.84 Å². The van der Waals surface area contributed by atoms with E-state index in [2.05, 4.69) is 15.3 Å². The van der Waals surface area contributed by atoms with Crippen LogP contribution in [0.3, 0.4) is 0 Å². The lowest BCUT2D eigenvalue weighted by molar-refractivity contribution is -0.119. The number of phenols is 1. The normalized spacial score (nSPS) is 11.9. The number of hydrogen-bond donors (Lipinski definition) is 2. The van der Waals surface area contributed by atoms with E-state index in [-0.39, 0.29) is 23.9 Å². The molecule has 3 aromatic rings. The first-order valence-corrected chi connectivity index (χ1v) is 9.44. The Labute approximate surface area is 174 Å². The third-order valence-electron chi connectivity index (χ3n) is 4.39. The van der Waals surface area contributed by atoms with Crippen molar-refractivity contribution >= 4 is 17.5 Å². The molecule has 0 aromatic heterocycles. The predicted octanol–water partition coefficient (Wildman–Crippen LogP) is 3.91. The van der Waals surface area contributed by atoms with Crippen LogP contribution in [0.4, 0.5) is 4.39 Å². The van der Waals surface area contributed by atoms with Crippen LogP contribution in [0.1, 0.15) is 16.7 Å². The van der Waals surface area contributed by atoms with Gasteiger partial charge in [0, 0.05) is 12.6 Å². The first-order chi connectivity index (χ1) is 14.5. The van der Waals surface area contributed by atoms with Gasteiger partial charge in [0.2, 0.25) is 5.91 Å². The van der Waals surface area contributed by atoms with Crippen molar-refractivity contribution in [3.05, 3.63) is 101 Å². The minimum absolute atomic E-state index is 0.0966. The second-order valence-electron chi connectivity index (χ2n) is 6.62. The van der Waals surface area contributed by atoms with Crippen molar-refractivity contribution in [3.63, 3.8) is 0 Å². The molecule has 0 saturated heterocycles. The number of nitrogens with zero attached hydrogens (tertiary/aromatic N) is 2. The van der Waals surface area contributed by atoms with Gasteiger partial charge in [-0.2, -0.15) is 0 Å². The molecule has 3 rings (SSSR count). The summed E-state index contributed by atoms with van der Waals surface area (Å²) in [6.07, 6.45) is 0.0966. The van der Waals surface area contributed by atoms with Crippen molar-refractivity contribution < 1.29 is 14.3 Å². The molecule has 0 radical (unpaired) electrons. The zero-order valence-electron chi connectivity index (χ0n) is 16.5. The second kappa shape index (κ2) is 10.1. The first-order valence-electron chi connectivity index (χ1n) is 9.44. The lowest BCUT2D eigenvalue weighted by Crippen LogP contribution is -2.37. The highest BCUT2D eigenvalue weighted by Gasteiger charge is 2.15. The zero-order chi connectivity index (χ0) is 21.3. The quantitative estimate of drug-likeness (QED) is 0.484. The summed E-state index contributed by atoms with van der Waals surface area (Å²) in [7, 11) is 1.59. The van der Waals surface area contributed by atoms with Crippen molar-refractivity contribution in [1.82, 2.24) is 5.32 Å². The maximum absolute atomic E-state index is 13.1. The molecule has 3 aromatic carbocycles. The van der Waals surface area contributed by atoms with Crippen LogP contribution in [0.25, 0.3) is 0 Å². The summed E-state index contributed by atoms with van der Waals surface area (Å²) < 4.78 is 13.1. The lowest BCUT2D eigenvalue weighted by Gasteiger charge is -2.12. The van der Waals surface area contributed by atoms with Crippen LogP contribution in [0.15, 0.2) is 88.8 Å². The minimum Gasteiger partial charge on any atom is -0.508 e. The molecule has 0 aliphatic carbocycles. The fraction of sp³-hybridized carbons (Fsp3) is 0.125. The van der Waals surface area contributed by atoms with Crippen LogP contribution in [0.5, 0.6) is 5.75 Å². The molecule has 6 heteroatoms. The Morgan fingerprint density at radius 1 is 0.933 bits per heavy atom. The topological polar surface area (TPSA) is 74.0 Å². The van der Waals surface area contributed by atoms with Gasteiger partial charge in [-0.1, -0.05) is 54.6 Å². The number of carbonyl (C=O) groups is 1. The standard InChI is InChI=1S/C24H22FN3O2/c1-26-24(28-22(30)15-17-7-11-20(25)12-8-17)23(19-5-3-2-4-6-19)27-16-18-9-13-21(29)14-10-18/h2-14,29H,15-16H2,1H3,(H,26,28,30). The third-order valence-corrected chi connectivity index (χ3v) is 4.39. The van der Waals surface area contributed by atoms with Gasteiger partial charge in [-0.25, -0.2) is 4.39 Å². The molecule has 0 fully saturated rings. The highest BCUT2D eigenvalue weighted by Crippen LogP contribution is 2.12. The van der Waals surface area contributed by atoms with Gasteiger partial charge in [0.05, 0.1) is 13.0 Å². The molecule has 0 spiro atoms. The van der Waals surface area contributed by atoms with Crippen molar-refractivity contribution in [2.75, 3.05) is 7.05 Å². The highest BCUT2D eigenvalue weighted by molar-refractivity contribution is 6.49. The molecule has 0 aliphatic heterocycles. The number of benzene rings is 3. The van der Waals surface area contributed by atoms with E-state index < -0.39 is 0 Å². The summed E-state index contributed by atoms with van der Waals surface area (Å²) in [5, 5.41) is 12.3. The fourth-order valence-corrected chi connectivity index (χ4v) is 2.86. The zero-order valence-corrected chi connectivity index (χ0v) is 16.5. The highest BCUT2D eigenvalue weighted by atomic mass is 19.1. The maximum Gasteiger partial charge on any atom is 0.229 e. The molecule has 0 unspecified atom stereocenters. The smallest absolute Gasteiger partial charge is 0.229 e. The van der Waals surface area contributed by atoms with Gasteiger partial charge in [0.1, 0.15) is 17.3 Å². The van der Waals surface area contributed by atoms with Crippen molar-refractivity contribution in [2.45, 2.75) is 13.0 Å². The van der Waals surface area contributed by atoms with Crippen molar-refractivity contribution in [1.29, 1.82) is 0 Å². The van der Waals surface area contributed by atoms with E-state index in [1.807, 2.05) is 30.3 Å². The van der Waals surface area contributed by atoms with Gasteiger partial charge < -0.3 is 10.4 Å². The summed E-state index contributed by atoms with van der Waals surface area (Å²) in [6, 6.07) is 22.1. The number of amides is 1. The maximum atomic E-state index is 13.1. The monoisotopic (exact) mass is 403 g/mol. The molecule has 0 atom stereocenters. The Morgan fingerprint density at radius 3 is 2.20 bits per heavy atom. The molecule has 1 amide bonds. The number of aliphatic imine (C=N–C) groups is 2. The second-order valence-corrected chi connectivity index (χ2v) is 6.62. The van der Waals surface area contributed by atoms with Crippen LogP contribution < -0.4 is 5.32 Å². The predicted molar refractivity (Wildman–Crippen MR) is 116 cm³/mol. The van der Waals surface area contributed by atoms with E-state index in [0.717, 1.165) is 11.1 Å². The number of aromatic hydroxyl groups is 1. The van der Waals surface area contributed by atoms with Gasteiger partial charge in [-0.3, -0.25) is 14.8 Å². The van der Waals surface area contributed by atoms with Crippen LogP contribution >= 0.6 is 0 Å². The molecular formula is C24H22FN3O2. The van der Waals surface area contributed by atoms with Gasteiger partial charge >= 0.3 is 0 Å². The number of carbonyl (C=O) groups excluding carboxylic acids is 1. The average Bonchev–Trinajstić information content (AvgIpc) is 2.76. The van der Waals surface area contributed by atoms with E-state index >= 15 is 0 Å². The Balaban J connectivity index is 1.81. The summed E-state index contributed by atoms with van der Waals surface area (Å²) in [5.74, 6) is -0.0693. The number of hydrogen-bond acceptors (Lipinski definition) is 4. The van der Waals surface area contributed by atoms with Crippen molar-refractivity contribution in [2.24, 2.45) is 9.98 Å². The Morgan fingerprint density at radius 2 is 1.57 bits per heavy atom. The van der Waals surface area contributed by atoms with Gasteiger partial charge in [0.25, 0.3) is 0 Å². The first kappa shape index (κ1) is 20.9. The molecule has 2 N–H and O–H groups in total. The number of phenolic OH excluding ortho intramolecular Hbond substituents is 1. The number of rotatable bonds is 6. The van der Waals surface area contributed by atoms with E-state index in [9.17, 15) is 14.3 Å². The molecule has 0 aliphatic rings. The number of amidine groups is 1. The summed E-state index contributed by atoms with van der Waals surface area (Å²) >= 11 is 0. The Kier molecular flexibility index (Phi) is 7.05. The third kappa shape index (κ3) is 5.85. The van der Waals surface area contributed by atoms with Crippen LogP contribution in [-0.2, 0) is 17.8 Å².